The quantitative estimate of drug-likeness (QED) is 0.699. The van der Waals surface area contributed by atoms with E-state index in [0.29, 0.717) is 6.54 Å². The first-order valence-corrected chi connectivity index (χ1v) is 9.10. The van der Waals surface area contributed by atoms with Crippen LogP contribution in [0.1, 0.15) is 39.0 Å². The van der Waals surface area contributed by atoms with Crippen molar-refractivity contribution in [3.05, 3.63) is 0 Å². The minimum atomic E-state index is -4.62. The summed E-state index contributed by atoms with van der Waals surface area (Å²) >= 11 is 0. The molecule has 1 aliphatic carbocycles. The SMILES string of the molecule is C[C@@H](OC[C@@H]1CC[C@H](CO)CN1)C1CC(C(F)(F)F)CC(C(F)(F)F)C1. The first-order valence-electron chi connectivity index (χ1n) is 9.10. The Bertz CT molecular complexity index is 412. The minimum Gasteiger partial charge on any atom is -0.396 e. The molecule has 5 atom stereocenters. The summed E-state index contributed by atoms with van der Waals surface area (Å²) in [5.74, 6) is -4.45. The molecule has 26 heavy (non-hydrogen) atoms. The highest BCUT2D eigenvalue weighted by Crippen LogP contribution is 2.48. The number of hydrogen-bond donors (Lipinski definition) is 2. The lowest BCUT2D eigenvalue weighted by Crippen LogP contribution is -2.45. The number of ether oxygens (including phenoxy) is 1. The third kappa shape index (κ3) is 5.99. The van der Waals surface area contributed by atoms with Gasteiger partial charge in [0.05, 0.1) is 24.5 Å². The molecule has 0 aromatic rings. The number of piperidine rings is 1. The normalized spacial score (nSPS) is 35.3. The van der Waals surface area contributed by atoms with E-state index in [2.05, 4.69) is 5.32 Å². The second-order valence-electron chi connectivity index (χ2n) is 7.71. The van der Waals surface area contributed by atoms with Crippen molar-refractivity contribution in [3.8, 4) is 0 Å². The van der Waals surface area contributed by atoms with E-state index in [4.69, 9.17) is 9.84 Å². The highest BCUT2D eigenvalue weighted by molar-refractivity contribution is 4.88. The molecule has 9 heteroatoms. The average Bonchev–Trinajstić information content (AvgIpc) is 2.58. The average molecular weight is 391 g/mol. The number of alkyl halides is 6. The van der Waals surface area contributed by atoms with Crippen LogP contribution in [0.4, 0.5) is 26.3 Å². The fraction of sp³-hybridized carbons (Fsp3) is 1.00. The molecule has 154 valence electrons. The lowest BCUT2D eigenvalue weighted by Gasteiger charge is -2.39. The van der Waals surface area contributed by atoms with Gasteiger partial charge in [0.2, 0.25) is 0 Å². The second-order valence-corrected chi connectivity index (χ2v) is 7.71. The van der Waals surface area contributed by atoms with Gasteiger partial charge < -0.3 is 15.2 Å². The summed E-state index contributed by atoms with van der Waals surface area (Å²) in [6.07, 6.45) is -9.84. The van der Waals surface area contributed by atoms with Gasteiger partial charge in [0.15, 0.2) is 0 Å². The Balaban J connectivity index is 1.90. The number of hydrogen-bond acceptors (Lipinski definition) is 3. The van der Waals surface area contributed by atoms with Crippen molar-refractivity contribution in [1.29, 1.82) is 0 Å². The van der Waals surface area contributed by atoms with Crippen LogP contribution < -0.4 is 5.32 Å². The van der Waals surface area contributed by atoms with Gasteiger partial charge in [-0.3, -0.25) is 0 Å². The van der Waals surface area contributed by atoms with Gasteiger partial charge in [-0.2, -0.15) is 26.3 Å². The van der Waals surface area contributed by atoms with Crippen molar-refractivity contribution in [3.63, 3.8) is 0 Å². The highest BCUT2D eigenvalue weighted by atomic mass is 19.4. The molecule has 2 N–H and O–H groups in total. The van der Waals surface area contributed by atoms with E-state index in [1.165, 1.54) is 0 Å². The molecule has 0 radical (unpaired) electrons. The smallest absolute Gasteiger partial charge is 0.391 e. The topological polar surface area (TPSA) is 41.5 Å². The van der Waals surface area contributed by atoms with Gasteiger partial charge in [0.25, 0.3) is 0 Å². The Morgan fingerprint density at radius 2 is 1.58 bits per heavy atom. The maximum Gasteiger partial charge on any atom is 0.391 e. The van der Waals surface area contributed by atoms with Gasteiger partial charge in [-0.1, -0.05) is 0 Å². The molecule has 2 unspecified atom stereocenters. The molecule has 1 aliphatic heterocycles. The van der Waals surface area contributed by atoms with E-state index < -0.39 is 42.6 Å². The van der Waals surface area contributed by atoms with Gasteiger partial charge in [0, 0.05) is 19.2 Å². The highest BCUT2D eigenvalue weighted by Gasteiger charge is 2.52. The van der Waals surface area contributed by atoms with Crippen LogP contribution in [0.25, 0.3) is 0 Å². The molecule has 0 spiro atoms. The second kappa shape index (κ2) is 8.65. The van der Waals surface area contributed by atoms with Crippen LogP contribution in [-0.4, -0.2) is 49.4 Å². The van der Waals surface area contributed by atoms with Crippen molar-refractivity contribution < 1.29 is 36.2 Å². The molecular weight excluding hydrogens is 364 g/mol. The minimum absolute atomic E-state index is 0.0145. The lowest BCUT2D eigenvalue weighted by atomic mass is 9.72. The molecule has 2 aliphatic rings. The molecule has 1 saturated carbocycles. The lowest BCUT2D eigenvalue weighted by molar-refractivity contribution is -0.233. The third-order valence-electron chi connectivity index (χ3n) is 5.77. The molecule has 2 rings (SSSR count). The Labute approximate surface area is 149 Å². The summed E-state index contributed by atoms with van der Waals surface area (Å²) in [6, 6.07) is 0.0145. The van der Waals surface area contributed by atoms with Crippen LogP contribution in [0.15, 0.2) is 0 Å². The van der Waals surface area contributed by atoms with E-state index in [9.17, 15) is 26.3 Å². The summed E-state index contributed by atoms with van der Waals surface area (Å²) in [7, 11) is 0. The maximum absolute atomic E-state index is 13.0. The Kier molecular flexibility index (Phi) is 7.23. The Morgan fingerprint density at radius 3 is 2.00 bits per heavy atom. The zero-order valence-corrected chi connectivity index (χ0v) is 14.7. The van der Waals surface area contributed by atoms with E-state index >= 15 is 0 Å². The molecule has 0 aromatic heterocycles. The number of rotatable bonds is 5. The van der Waals surface area contributed by atoms with Crippen molar-refractivity contribution in [2.24, 2.45) is 23.7 Å². The number of halogens is 6. The molecule has 1 heterocycles. The molecule has 2 fully saturated rings. The predicted molar refractivity (Wildman–Crippen MR) is 83.4 cm³/mol. The van der Waals surface area contributed by atoms with Crippen molar-refractivity contribution in [1.82, 2.24) is 5.32 Å². The van der Waals surface area contributed by atoms with E-state index in [-0.39, 0.29) is 38.0 Å². The van der Waals surface area contributed by atoms with Crippen LogP contribution >= 0.6 is 0 Å². The molecule has 0 amide bonds. The fourth-order valence-electron chi connectivity index (χ4n) is 3.96. The van der Waals surface area contributed by atoms with Crippen LogP contribution in [0.2, 0.25) is 0 Å². The van der Waals surface area contributed by atoms with Crippen LogP contribution in [0, 0.1) is 23.7 Å². The Hall–Kier alpha value is -0.540. The number of aliphatic hydroxyl groups is 1. The summed E-state index contributed by atoms with van der Waals surface area (Å²) in [5.41, 5.74) is 0. The zero-order chi connectivity index (χ0) is 19.5. The summed E-state index contributed by atoms with van der Waals surface area (Å²) in [4.78, 5) is 0. The van der Waals surface area contributed by atoms with Gasteiger partial charge >= 0.3 is 12.4 Å². The number of nitrogens with one attached hydrogen (secondary N) is 1. The van der Waals surface area contributed by atoms with E-state index in [1.807, 2.05) is 0 Å². The first-order chi connectivity index (χ1) is 12.0. The summed E-state index contributed by atoms with van der Waals surface area (Å²) in [5, 5.41) is 12.3. The van der Waals surface area contributed by atoms with Crippen molar-refractivity contribution >= 4 is 0 Å². The van der Waals surface area contributed by atoms with Crippen molar-refractivity contribution in [2.45, 2.75) is 63.5 Å². The van der Waals surface area contributed by atoms with Gasteiger partial charge in [0.1, 0.15) is 0 Å². The zero-order valence-electron chi connectivity index (χ0n) is 14.7. The molecular formula is C17H27F6NO2. The Morgan fingerprint density at radius 1 is 1.00 bits per heavy atom. The standard InChI is InChI=1S/C17H27F6NO2/c1-10(26-9-15-3-2-11(8-25)7-24-15)12-4-13(16(18,19)20)6-14(5-12)17(21,22)23/h10-15,24-25H,2-9H2,1H3/t10-,11+,12?,13?,14?,15+/m1/s1. The summed E-state index contributed by atoms with van der Waals surface area (Å²) in [6.45, 7) is 2.55. The van der Waals surface area contributed by atoms with Crippen LogP contribution in [0.5, 0.6) is 0 Å². The van der Waals surface area contributed by atoms with Crippen molar-refractivity contribution in [2.75, 3.05) is 19.8 Å². The molecule has 0 bridgehead atoms. The van der Waals surface area contributed by atoms with Crippen LogP contribution in [0.3, 0.4) is 0 Å². The number of aliphatic hydroxyl groups excluding tert-OH is 1. The largest absolute Gasteiger partial charge is 0.396 e. The molecule has 3 nitrogen and oxygen atoms in total. The monoisotopic (exact) mass is 391 g/mol. The molecule has 1 saturated heterocycles. The van der Waals surface area contributed by atoms with Crippen LogP contribution in [-0.2, 0) is 4.74 Å². The van der Waals surface area contributed by atoms with E-state index in [0.717, 1.165) is 12.8 Å². The summed E-state index contributed by atoms with van der Waals surface area (Å²) < 4.78 is 83.9. The van der Waals surface area contributed by atoms with Gasteiger partial charge in [-0.15, -0.1) is 0 Å². The fourth-order valence-corrected chi connectivity index (χ4v) is 3.96. The molecule has 0 aromatic carbocycles. The van der Waals surface area contributed by atoms with E-state index in [1.54, 1.807) is 6.92 Å². The maximum atomic E-state index is 13.0. The first kappa shape index (κ1) is 21.8. The predicted octanol–water partition coefficient (Wildman–Crippen LogP) is 3.91. The van der Waals surface area contributed by atoms with Gasteiger partial charge in [-0.05, 0) is 50.9 Å². The van der Waals surface area contributed by atoms with Gasteiger partial charge in [-0.25, -0.2) is 0 Å². The third-order valence-corrected chi connectivity index (χ3v) is 5.77.